The molecule has 3 nitrogen and oxygen atoms in total. The van der Waals surface area contributed by atoms with Crippen LogP contribution in [0.25, 0.3) is 0 Å². The van der Waals surface area contributed by atoms with Gasteiger partial charge in [-0.3, -0.25) is 0 Å². The van der Waals surface area contributed by atoms with Gasteiger partial charge in [0.1, 0.15) is 6.10 Å². The van der Waals surface area contributed by atoms with Gasteiger partial charge in [-0.2, -0.15) is 13.2 Å². The van der Waals surface area contributed by atoms with Gasteiger partial charge in [0.05, 0.1) is 6.04 Å². The van der Waals surface area contributed by atoms with E-state index in [4.69, 9.17) is 4.74 Å². The Kier molecular flexibility index (Phi) is 3.42. The van der Waals surface area contributed by atoms with Crippen LogP contribution < -0.4 is 4.74 Å². The molecule has 3 heterocycles. The molecule has 0 aliphatic carbocycles. The Labute approximate surface area is 108 Å². The third-order valence-corrected chi connectivity index (χ3v) is 3.28. The quantitative estimate of drug-likeness (QED) is 0.683. The van der Waals surface area contributed by atoms with E-state index in [1.54, 1.807) is 12.1 Å². The number of fused-ring (bicyclic) bond motifs is 3. The van der Waals surface area contributed by atoms with Crippen molar-refractivity contribution >= 4 is 12.4 Å². The summed E-state index contributed by atoms with van der Waals surface area (Å²) in [5.41, 5.74) is 0.550. The van der Waals surface area contributed by atoms with Crippen LogP contribution in [-0.2, 0) is 0 Å². The van der Waals surface area contributed by atoms with E-state index in [1.165, 1.54) is 6.20 Å². The van der Waals surface area contributed by atoms with Gasteiger partial charge in [0.15, 0.2) is 0 Å². The maximum atomic E-state index is 12.9. The van der Waals surface area contributed by atoms with Crippen molar-refractivity contribution in [1.82, 2.24) is 9.88 Å². The van der Waals surface area contributed by atoms with Crippen LogP contribution in [-0.4, -0.2) is 28.8 Å². The highest BCUT2D eigenvalue weighted by atomic mass is 35.5. The monoisotopic (exact) mass is 280 g/mol. The van der Waals surface area contributed by atoms with Crippen molar-refractivity contribution in [2.75, 3.05) is 6.54 Å². The third kappa shape index (κ3) is 2.03. The maximum Gasteiger partial charge on any atom is 0.460 e. The van der Waals surface area contributed by atoms with Crippen LogP contribution in [0.2, 0.25) is 0 Å². The highest BCUT2D eigenvalue weighted by Crippen LogP contribution is 2.46. The fraction of sp³-hybridized carbons (Fsp3) is 0.545. The molecule has 18 heavy (non-hydrogen) atoms. The van der Waals surface area contributed by atoms with Crippen LogP contribution >= 0.6 is 12.4 Å². The standard InChI is InChI=1S/C11H11F3N2O.ClH/c12-11(13,14)16-6-2-4-8-9(16)7-3-1-5-15-10(7)17-8;/h1,3,5,8-9H,2,4,6H2;1H. The molecule has 0 bridgehead atoms. The Balaban J connectivity index is 0.00000120. The average Bonchev–Trinajstić information content (AvgIpc) is 2.65. The van der Waals surface area contributed by atoms with Crippen molar-refractivity contribution < 1.29 is 17.9 Å². The van der Waals surface area contributed by atoms with Crippen molar-refractivity contribution in [1.29, 1.82) is 0 Å². The SMILES string of the molecule is Cl.FC(F)(F)N1CCCC2Oc3ncccc3C21. The summed E-state index contributed by atoms with van der Waals surface area (Å²) in [7, 11) is 0. The lowest BCUT2D eigenvalue weighted by atomic mass is 9.96. The molecule has 2 atom stereocenters. The number of aromatic nitrogens is 1. The molecule has 0 radical (unpaired) electrons. The second kappa shape index (κ2) is 4.59. The van der Waals surface area contributed by atoms with Crippen molar-refractivity contribution in [2.45, 2.75) is 31.3 Å². The molecule has 3 rings (SSSR count). The highest BCUT2D eigenvalue weighted by molar-refractivity contribution is 5.85. The number of ether oxygens (including phenoxy) is 1. The van der Waals surface area contributed by atoms with Crippen LogP contribution in [0.1, 0.15) is 24.4 Å². The van der Waals surface area contributed by atoms with Crippen LogP contribution in [0.4, 0.5) is 13.2 Å². The minimum Gasteiger partial charge on any atom is -0.472 e. The summed E-state index contributed by atoms with van der Waals surface area (Å²) in [6, 6.07) is 2.58. The van der Waals surface area contributed by atoms with Gasteiger partial charge < -0.3 is 4.74 Å². The van der Waals surface area contributed by atoms with Crippen LogP contribution in [0.5, 0.6) is 5.88 Å². The second-order valence-electron chi connectivity index (χ2n) is 4.30. The fourth-order valence-electron chi connectivity index (χ4n) is 2.61. The molecule has 1 saturated heterocycles. The molecule has 2 unspecified atom stereocenters. The lowest BCUT2D eigenvalue weighted by Crippen LogP contribution is -2.48. The maximum absolute atomic E-state index is 12.9. The molecule has 2 aliphatic heterocycles. The average molecular weight is 281 g/mol. The smallest absolute Gasteiger partial charge is 0.460 e. The predicted molar refractivity (Wildman–Crippen MR) is 60.6 cm³/mol. The number of piperidine rings is 1. The second-order valence-corrected chi connectivity index (χ2v) is 4.30. The van der Waals surface area contributed by atoms with Crippen molar-refractivity contribution in [2.24, 2.45) is 0 Å². The predicted octanol–water partition coefficient (Wildman–Crippen LogP) is 2.92. The Hall–Kier alpha value is -1.01. The minimum atomic E-state index is -4.32. The summed E-state index contributed by atoms with van der Waals surface area (Å²) in [4.78, 5) is 4.55. The molecular formula is C11H12ClF3N2O. The largest absolute Gasteiger partial charge is 0.472 e. The van der Waals surface area contributed by atoms with E-state index in [9.17, 15) is 13.2 Å². The van der Waals surface area contributed by atoms with E-state index in [-0.39, 0.29) is 19.0 Å². The summed E-state index contributed by atoms with van der Waals surface area (Å²) < 4.78 is 44.3. The zero-order valence-corrected chi connectivity index (χ0v) is 10.2. The Morgan fingerprint density at radius 1 is 1.39 bits per heavy atom. The van der Waals surface area contributed by atoms with E-state index in [2.05, 4.69) is 4.98 Å². The number of alkyl halides is 3. The summed E-state index contributed by atoms with van der Waals surface area (Å²) in [6.07, 6.45) is -2.06. The first-order chi connectivity index (χ1) is 8.07. The molecule has 1 fully saturated rings. The zero-order valence-electron chi connectivity index (χ0n) is 9.35. The molecule has 2 aliphatic rings. The molecule has 0 amide bonds. The number of likely N-dealkylation sites (tertiary alicyclic amines) is 1. The van der Waals surface area contributed by atoms with Gasteiger partial charge in [-0.05, 0) is 18.9 Å². The van der Waals surface area contributed by atoms with Crippen LogP contribution in [0, 0.1) is 0 Å². The topological polar surface area (TPSA) is 25.4 Å². The number of nitrogens with zero attached hydrogens (tertiary/aromatic N) is 2. The number of rotatable bonds is 0. The lowest BCUT2D eigenvalue weighted by molar-refractivity contribution is -0.271. The molecule has 0 aromatic carbocycles. The van der Waals surface area contributed by atoms with E-state index in [0.29, 0.717) is 29.2 Å². The van der Waals surface area contributed by atoms with E-state index in [0.717, 1.165) is 0 Å². The summed E-state index contributed by atoms with van der Waals surface area (Å²) >= 11 is 0. The first-order valence-electron chi connectivity index (χ1n) is 5.52. The van der Waals surface area contributed by atoms with Crippen molar-refractivity contribution in [3.8, 4) is 5.88 Å². The molecule has 0 saturated carbocycles. The zero-order chi connectivity index (χ0) is 12.0. The van der Waals surface area contributed by atoms with Gasteiger partial charge in [-0.25, -0.2) is 9.88 Å². The molecule has 100 valence electrons. The Morgan fingerprint density at radius 3 is 2.89 bits per heavy atom. The van der Waals surface area contributed by atoms with Crippen LogP contribution in [0.15, 0.2) is 18.3 Å². The molecule has 7 heteroatoms. The normalized spacial score (nSPS) is 26.8. The number of pyridine rings is 1. The van der Waals surface area contributed by atoms with Crippen LogP contribution in [0.3, 0.4) is 0 Å². The Bertz CT molecular complexity index is 441. The fourth-order valence-corrected chi connectivity index (χ4v) is 2.61. The van der Waals surface area contributed by atoms with Gasteiger partial charge in [0.2, 0.25) is 5.88 Å². The minimum absolute atomic E-state index is 0. The van der Waals surface area contributed by atoms with Gasteiger partial charge in [0, 0.05) is 18.3 Å². The van der Waals surface area contributed by atoms with E-state index in [1.807, 2.05) is 0 Å². The highest BCUT2D eigenvalue weighted by Gasteiger charge is 2.51. The summed E-state index contributed by atoms with van der Waals surface area (Å²) in [5, 5.41) is 0. The first-order valence-corrected chi connectivity index (χ1v) is 5.52. The molecule has 1 aromatic heterocycles. The molecule has 0 N–H and O–H groups in total. The van der Waals surface area contributed by atoms with E-state index >= 15 is 0 Å². The summed E-state index contributed by atoms with van der Waals surface area (Å²) in [5.74, 6) is 0.346. The van der Waals surface area contributed by atoms with E-state index < -0.39 is 18.4 Å². The molecular weight excluding hydrogens is 269 g/mol. The number of hydrogen-bond acceptors (Lipinski definition) is 3. The molecule has 1 aromatic rings. The molecule has 0 spiro atoms. The summed E-state index contributed by atoms with van der Waals surface area (Å²) in [6.45, 7) is 0.0301. The van der Waals surface area contributed by atoms with Gasteiger partial charge in [-0.1, -0.05) is 6.07 Å². The Morgan fingerprint density at radius 2 is 2.17 bits per heavy atom. The number of hydrogen-bond donors (Lipinski definition) is 0. The first kappa shape index (κ1) is 13.4. The third-order valence-electron chi connectivity index (χ3n) is 3.28. The van der Waals surface area contributed by atoms with Crippen molar-refractivity contribution in [3.63, 3.8) is 0 Å². The van der Waals surface area contributed by atoms with Gasteiger partial charge >= 0.3 is 6.30 Å². The number of halogens is 4. The van der Waals surface area contributed by atoms with Gasteiger partial charge in [0.25, 0.3) is 0 Å². The lowest BCUT2D eigenvalue weighted by Gasteiger charge is -2.37. The van der Waals surface area contributed by atoms with Crippen molar-refractivity contribution in [3.05, 3.63) is 23.9 Å². The van der Waals surface area contributed by atoms with Gasteiger partial charge in [-0.15, -0.1) is 12.4 Å².